The Balaban J connectivity index is 2.76. The Morgan fingerprint density at radius 3 is 2.40 bits per heavy atom. The van der Waals surface area contributed by atoms with Crippen LogP contribution in [0.5, 0.6) is 0 Å². The second kappa shape index (κ2) is 6.91. The topological polar surface area (TPSA) is 47.6 Å². The molecule has 1 aromatic carbocycles. The van der Waals surface area contributed by atoms with Crippen LogP contribution in [-0.4, -0.2) is 29.9 Å². The summed E-state index contributed by atoms with van der Waals surface area (Å²) in [7, 11) is 0. The molecule has 1 unspecified atom stereocenters. The number of halogens is 1. The van der Waals surface area contributed by atoms with Gasteiger partial charge in [-0.25, -0.2) is 0 Å². The van der Waals surface area contributed by atoms with Crippen LogP contribution in [0.2, 0.25) is 10.3 Å². The Bertz CT molecular complexity index is 391. The van der Waals surface area contributed by atoms with Gasteiger partial charge in [-0.2, -0.15) is 0 Å². The molecule has 2 nitrogen and oxygen atoms in total. The summed E-state index contributed by atoms with van der Waals surface area (Å²) >= 11 is 5.67. The van der Waals surface area contributed by atoms with Gasteiger partial charge in [-0.1, -0.05) is 0 Å². The number of benzene rings is 1. The molecule has 1 rings (SSSR count). The second-order valence-electron chi connectivity index (χ2n) is 2.65. The fourth-order valence-corrected chi connectivity index (χ4v) is 4.56. The van der Waals surface area contributed by atoms with E-state index in [1.165, 1.54) is 0 Å². The first-order chi connectivity index (χ1) is 7.27. The van der Waals surface area contributed by atoms with Crippen LogP contribution in [0, 0.1) is 20.5 Å². The summed E-state index contributed by atoms with van der Waals surface area (Å²) in [5, 5.41) is 18.8. The predicted octanol–water partition coefficient (Wildman–Crippen LogP) is 2.17. The second-order valence-corrected chi connectivity index (χ2v) is 6.85. The molecule has 0 radical (unpaired) electrons. The Kier molecular flexibility index (Phi) is 5.80. The van der Waals surface area contributed by atoms with Crippen LogP contribution < -0.4 is 0 Å². The summed E-state index contributed by atoms with van der Waals surface area (Å²) < 4.78 is 0. The number of hydrogen-bond donors (Lipinski definition) is 0. The van der Waals surface area contributed by atoms with Crippen molar-refractivity contribution in [2.45, 2.75) is 10.1 Å². The first kappa shape index (κ1) is 12.6. The average Bonchev–Trinajstić information content (AvgIpc) is 2.25. The van der Waals surface area contributed by atoms with Gasteiger partial charge in [0.25, 0.3) is 0 Å². The van der Waals surface area contributed by atoms with Crippen LogP contribution in [0.15, 0.2) is 24.3 Å². The number of nitriles is 2. The molecule has 1 atom stereocenters. The van der Waals surface area contributed by atoms with Gasteiger partial charge in [0.2, 0.25) is 0 Å². The van der Waals surface area contributed by atoms with Crippen LogP contribution in [0.25, 0.3) is 0 Å². The van der Waals surface area contributed by atoms with E-state index in [0.717, 1.165) is 10.9 Å². The van der Waals surface area contributed by atoms with Gasteiger partial charge in [0.05, 0.1) is 0 Å². The fourth-order valence-electron chi connectivity index (χ4n) is 1.05. The molecule has 0 spiro atoms. The Hall–Kier alpha value is -0.471. The molecular weight excluding hydrogens is 341 g/mol. The molecule has 0 aliphatic carbocycles. The molecule has 0 N–H and O–H groups in total. The monoisotopic (exact) mass is 350 g/mol. The van der Waals surface area contributed by atoms with Gasteiger partial charge in [-0.05, 0) is 0 Å². The molecule has 0 aliphatic heterocycles. The van der Waals surface area contributed by atoms with Crippen molar-refractivity contribution >= 4 is 41.5 Å². The Morgan fingerprint density at radius 2 is 1.87 bits per heavy atom. The van der Waals surface area contributed by atoms with Gasteiger partial charge in [0.1, 0.15) is 0 Å². The quantitative estimate of drug-likeness (QED) is 0.783. The van der Waals surface area contributed by atoms with E-state index >= 15 is 0 Å². The molecule has 5 heteroatoms. The van der Waals surface area contributed by atoms with Crippen molar-refractivity contribution in [3.05, 3.63) is 34.9 Å². The molecule has 0 aromatic heterocycles. The average molecular weight is 349 g/mol. The summed E-state index contributed by atoms with van der Waals surface area (Å²) in [6, 6.07) is 7.55. The van der Waals surface area contributed by atoms with Crippen molar-refractivity contribution in [3.63, 3.8) is 0 Å². The minimum absolute atomic E-state index is 0.0249. The zero-order valence-corrected chi connectivity index (χ0v) is 11.9. The normalized spacial score (nSPS) is 11.4. The van der Waals surface area contributed by atoms with E-state index in [1.807, 2.05) is 24.3 Å². The van der Waals surface area contributed by atoms with Crippen LogP contribution in [0.1, 0.15) is 10.4 Å². The molecular formula is C10H7ClN2Se2. The molecule has 0 saturated carbocycles. The fraction of sp³-hybridized carbons (Fsp3) is 0.200. The molecule has 15 heavy (non-hydrogen) atoms. The number of rotatable bonds is 4. The number of hydrogen-bond acceptors (Lipinski definition) is 2. The molecule has 0 heterocycles. The predicted molar refractivity (Wildman–Crippen MR) is 61.7 cm³/mol. The first-order valence-electron chi connectivity index (χ1n) is 4.09. The van der Waals surface area contributed by atoms with Crippen LogP contribution >= 0.6 is 11.6 Å². The summed E-state index contributed by atoms with van der Waals surface area (Å²) in [6.45, 7) is 0. The van der Waals surface area contributed by atoms with Crippen molar-refractivity contribution < 1.29 is 0 Å². The zero-order valence-electron chi connectivity index (χ0n) is 7.68. The van der Waals surface area contributed by atoms with E-state index in [9.17, 15) is 0 Å². The SMILES string of the molecule is N#C[Se]CC([Se]C#N)c1ccc(Cl)cc1. The summed E-state index contributed by atoms with van der Waals surface area (Å²) in [5.74, 6) is 0. The van der Waals surface area contributed by atoms with E-state index < -0.39 is 0 Å². The third-order valence-electron chi connectivity index (χ3n) is 1.74. The molecule has 0 saturated heterocycles. The van der Waals surface area contributed by atoms with Gasteiger partial charge in [0, 0.05) is 0 Å². The van der Waals surface area contributed by atoms with E-state index in [0.29, 0.717) is 5.02 Å². The van der Waals surface area contributed by atoms with Crippen molar-refractivity contribution in [2.24, 2.45) is 0 Å². The summed E-state index contributed by atoms with van der Waals surface area (Å²) in [4.78, 5) is 4.63. The molecule has 0 aliphatic rings. The van der Waals surface area contributed by atoms with E-state index in [4.69, 9.17) is 22.1 Å². The first-order valence-corrected chi connectivity index (χ1v) is 8.38. The van der Waals surface area contributed by atoms with Gasteiger partial charge in [-0.15, -0.1) is 0 Å². The molecule has 76 valence electrons. The minimum atomic E-state index is -0.0908. The maximum absolute atomic E-state index is 8.73. The van der Waals surface area contributed by atoms with E-state index in [2.05, 4.69) is 9.94 Å². The van der Waals surface area contributed by atoms with Crippen molar-refractivity contribution in [2.75, 3.05) is 0 Å². The van der Waals surface area contributed by atoms with Crippen molar-refractivity contribution in [1.29, 1.82) is 10.5 Å². The van der Waals surface area contributed by atoms with E-state index in [-0.39, 0.29) is 34.7 Å². The van der Waals surface area contributed by atoms with Crippen molar-refractivity contribution in [1.82, 2.24) is 0 Å². The van der Waals surface area contributed by atoms with Crippen molar-refractivity contribution in [3.8, 4) is 9.94 Å². The molecule has 0 fully saturated rings. The molecule has 0 amide bonds. The van der Waals surface area contributed by atoms with Gasteiger partial charge in [0.15, 0.2) is 0 Å². The van der Waals surface area contributed by atoms with Gasteiger partial charge < -0.3 is 0 Å². The Labute approximate surface area is 107 Å². The summed E-state index contributed by atoms with van der Waals surface area (Å²) in [6.07, 6.45) is 0. The summed E-state index contributed by atoms with van der Waals surface area (Å²) in [5.41, 5.74) is 1.12. The molecule has 0 bridgehead atoms. The third-order valence-corrected chi connectivity index (χ3v) is 6.12. The van der Waals surface area contributed by atoms with Crippen LogP contribution in [0.4, 0.5) is 0 Å². The standard InChI is InChI=1S/C10H7ClN2Se2/c11-9-3-1-8(2-4-9)10(15-7-13)5-14-6-12/h1-4,10H,5H2. The maximum atomic E-state index is 8.73. The zero-order chi connectivity index (χ0) is 11.1. The van der Waals surface area contributed by atoms with Gasteiger partial charge in [-0.3, -0.25) is 0 Å². The third kappa shape index (κ3) is 4.27. The Morgan fingerprint density at radius 1 is 1.20 bits per heavy atom. The molecule has 1 aromatic rings. The van der Waals surface area contributed by atoms with E-state index in [1.54, 1.807) is 0 Å². The van der Waals surface area contributed by atoms with Crippen LogP contribution in [0.3, 0.4) is 0 Å². The number of nitrogens with zero attached hydrogens (tertiary/aromatic N) is 2. The van der Waals surface area contributed by atoms with Crippen LogP contribution in [-0.2, 0) is 0 Å². The van der Waals surface area contributed by atoms with Gasteiger partial charge >= 0.3 is 107 Å².